The average Bonchev–Trinajstić information content (AvgIpc) is 2.98. The van der Waals surface area contributed by atoms with Crippen LogP contribution in [0.4, 0.5) is 18.0 Å². The zero-order chi connectivity index (χ0) is 31.9. The number of benzene rings is 2. The van der Waals surface area contributed by atoms with E-state index in [1.54, 1.807) is 32.9 Å². The molecule has 1 heterocycles. The number of carbonyl (C=O) groups excluding carboxylic acids is 3. The van der Waals surface area contributed by atoms with Gasteiger partial charge in [-0.2, -0.15) is 17.5 Å². The van der Waals surface area contributed by atoms with Crippen LogP contribution in [0.2, 0.25) is 0 Å². The number of methoxy groups -OCH3 is 1. The van der Waals surface area contributed by atoms with Gasteiger partial charge in [-0.25, -0.2) is 22.8 Å². The summed E-state index contributed by atoms with van der Waals surface area (Å²) in [6.07, 6.45) is -3.84. The summed E-state index contributed by atoms with van der Waals surface area (Å²) in [4.78, 5) is 38.5. The van der Waals surface area contributed by atoms with E-state index >= 15 is 0 Å². The highest BCUT2D eigenvalue weighted by Crippen LogP contribution is 2.32. The predicted molar refractivity (Wildman–Crippen MR) is 150 cm³/mol. The standard InChI is InChI=1S/C29H36F3N3O7S/c1-5-42-27(37)25(19(2)3)33-28(38)34-16-6-7-23(18-34)35(17-20-8-10-21(11-9-20)26(36)41-4)43(39,40)24-14-12-22(13-15-24)29(30,31)32/h8-15,19,23,25H,5-7,16-18H2,1-4H3,(H,33,38). The molecule has 0 aliphatic carbocycles. The van der Waals surface area contributed by atoms with Crippen LogP contribution in [-0.4, -0.2) is 74.5 Å². The van der Waals surface area contributed by atoms with E-state index in [0.29, 0.717) is 37.1 Å². The van der Waals surface area contributed by atoms with Crippen LogP contribution in [0, 0.1) is 5.92 Å². The number of ether oxygens (including phenoxy) is 2. The monoisotopic (exact) mass is 627 g/mol. The summed E-state index contributed by atoms with van der Waals surface area (Å²) >= 11 is 0. The van der Waals surface area contributed by atoms with Crippen molar-refractivity contribution < 1.29 is 45.4 Å². The van der Waals surface area contributed by atoms with Crippen LogP contribution in [0.5, 0.6) is 0 Å². The van der Waals surface area contributed by atoms with Gasteiger partial charge in [-0.1, -0.05) is 26.0 Å². The zero-order valence-corrected chi connectivity index (χ0v) is 25.2. The second-order valence-electron chi connectivity index (χ2n) is 10.4. The van der Waals surface area contributed by atoms with Gasteiger partial charge in [0.2, 0.25) is 10.0 Å². The molecule has 0 radical (unpaired) electrons. The summed E-state index contributed by atoms with van der Waals surface area (Å²) in [7, 11) is -3.12. The molecule has 2 aromatic rings. The summed E-state index contributed by atoms with van der Waals surface area (Å²) < 4.78 is 78.2. The number of carbonyl (C=O) groups is 3. The van der Waals surface area contributed by atoms with Crippen LogP contribution in [0.25, 0.3) is 0 Å². The van der Waals surface area contributed by atoms with Crippen molar-refractivity contribution in [2.45, 2.75) is 63.3 Å². The number of sulfonamides is 1. The van der Waals surface area contributed by atoms with Gasteiger partial charge in [-0.05, 0) is 67.6 Å². The van der Waals surface area contributed by atoms with Crippen LogP contribution >= 0.6 is 0 Å². The molecule has 0 bridgehead atoms. The Balaban J connectivity index is 1.93. The summed E-state index contributed by atoms with van der Waals surface area (Å²) in [5.41, 5.74) is -0.227. The van der Waals surface area contributed by atoms with Gasteiger partial charge in [-0.15, -0.1) is 0 Å². The second-order valence-corrected chi connectivity index (χ2v) is 12.3. The molecule has 1 N–H and O–H groups in total. The topological polar surface area (TPSA) is 122 Å². The van der Waals surface area contributed by atoms with Gasteiger partial charge in [0.1, 0.15) is 6.04 Å². The third kappa shape index (κ3) is 8.47. The van der Waals surface area contributed by atoms with E-state index in [2.05, 4.69) is 5.32 Å². The molecule has 1 aliphatic rings. The van der Waals surface area contributed by atoms with Crippen LogP contribution in [0.1, 0.15) is 55.1 Å². The molecule has 1 fully saturated rings. The first-order valence-corrected chi connectivity index (χ1v) is 15.2. The molecule has 0 aromatic heterocycles. The third-order valence-electron chi connectivity index (χ3n) is 7.08. The summed E-state index contributed by atoms with van der Waals surface area (Å²) in [5.74, 6) is -1.42. The Kier molecular flexibility index (Phi) is 11.2. The first-order valence-electron chi connectivity index (χ1n) is 13.8. The van der Waals surface area contributed by atoms with Crippen molar-refractivity contribution in [2.24, 2.45) is 5.92 Å². The van der Waals surface area contributed by atoms with E-state index in [1.165, 1.54) is 24.1 Å². The van der Waals surface area contributed by atoms with Gasteiger partial charge >= 0.3 is 24.1 Å². The van der Waals surface area contributed by atoms with Crippen molar-refractivity contribution in [3.8, 4) is 0 Å². The van der Waals surface area contributed by atoms with Gasteiger partial charge in [0.25, 0.3) is 0 Å². The fourth-order valence-electron chi connectivity index (χ4n) is 4.73. The van der Waals surface area contributed by atoms with Gasteiger partial charge in [-0.3, -0.25) is 0 Å². The molecule has 0 saturated carbocycles. The summed E-state index contributed by atoms with van der Waals surface area (Å²) in [6.45, 7) is 5.40. The van der Waals surface area contributed by atoms with E-state index in [-0.39, 0.29) is 36.1 Å². The Morgan fingerprint density at radius 1 is 1.07 bits per heavy atom. The summed E-state index contributed by atoms with van der Waals surface area (Å²) in [5, 5.41) is 2.69. The number of alkyl halides is 3. The van der Waals surface area contributed by atoms with Crippen molar-refractivity contribution in [2.75, 3.05) is 26.8 Å². The maximum absolute atomic E-state index is 13.9. The van der Waals surface area contributed by atoms with Gasteiger partial charge in [0, 0.05) is 25.7 Å². The normalized spacial score (nSPS) is 16.6. The molecule has 2 amide bonds. The van der Waals surface area contributed by atoms with Crippen LogP contribution < -0.4 is 5.32 Å². The lowest BCUT2D eigenvalue weighted by molar-refractivity contribution is -0.146. The smallest absolute Gasteiger partial charge is 0.416 e. The third-order valence-corrected chi connectivity index (χ3v) is 8.99. The zero-order valence-electron chi connectivity index (χ0n) is 24.4. The highest BCUT2D eigenvalue weighted by Gasteiger charge is 2.38. The number of piperidine rings is 1. The van der Waals surface area contributed by atoms with E-state index in [9.17, 15) is 36.0 Å². The Hall–Kier alpha value is -3.65. The number of likely N-dealkylation sites (tertiary alicyclic amines) is 1. The van der Waals surface area contributed by atoms with Gasteiger partial charge < -0.3 is 19.7 Å². The van der Waals surface area contributed by atoms with Crippen molar-refractivity contribution >= 4 is 28.0 Å². The summed E-state index contributed by atoms with van der Waals surface area (Å²) in [6, 6.07) is 7.08. The second kappa shape index (κ2) is 14.2. The quantitative estimate of drug-likeness (QED) is 0.387. The molecule has 14 heteroatoms. The van der Waals surface area contributed by atoms with Crippen LogP contribution in [0.3, 0.4) is 0 Å². The Labute approximate surface area is 249 Å². The average molecular weight is 628 g/mol. The minimum atomic E-state index is -4.64. The first-order chi connectivity index (χ1) is 20.2. The highest BCUT2D eigenvalue weighted by atomic mass is 32.2. The molecule has 43 heavy (non-hydrogen) atoms. The lowest BCUT2D eigenvalue weighted by atomic mass is 10.0. The fourth-order valence-corrected chi connectivity index (χ4v) is 6.37. The molecule has 2 atom stereocenters. The number of amides is 2. The SMILES string of the molecule is CCOC(=O)C(NC(=O)N1CCCC(N(Cc2ccc(C(=O)OC)cc2)S(=O)(=O)c2ccc(C(F)(F)F)cc2)C1)C(C)C. The molecular formula is C29H36F3N3O7S. The molecule has 1 aliphatic heterocycles. The number of halogens is 3. The van der Waals surface area contributed by atoms with E-state index in [4.69, 9.17) is 9.47 Å². The van der Waals surface area contributed by atoms with E-state index < -0.39 is 51.8 Å². The van der Waals surface area contributed by atoms with Gasteiger partial charge in [0.15, 0.2) is 0 Å². The fraction of sp³-hybridized carbons (Fsp3) is 0.483. The predicted octanol–water partition coefficient (Wildman–Crippen LogP) is 4.44. The largest absolute Gasteiger partial charge is 0.465 e. The van der Waals surface area contributed by atoms with Crippen molar-refractivity contribution in [3.63, 3.8) is 0 Å². The lowest BCUT2D eigenvalue weighted by Crippen LogP contribution is -2.56. The van der Waals surface area contributed by atoms with Crippen molar-refractivity contribution in [1.29, 1.82) is 0 Å². The number of urea groups is 1. The van der Waals surface area contributed by atoms with E-state index in [0.717, 1.165) is 16.4 Å². The number of nitrogens with one attached hydrogen (secondary N) is 1. The Morgan fingerprint density at radius 2 is 1.70 bits per heavy atom. The lowest BCUT2D eigenvalue weighted by Gasteiger charge is -2.39. The minimum absolute atomic E-state index is 0.0282. The van der Waals surface area contributed by atoms with Crippen molar-refractivity contribution in [1.82, 2.24) is 14.5 Å². The van der Waals surface area contributed by atoms with Crippen molar-refractivity contribution in [3.05, 3.63) is 65.2 Å². The first kappa shape index (κ1) is 33.8. The van der Waals surface area contributed by atoms with Crippen LogP contribution in [-0.2, 0) is 37.0 Å². The molecule has 236 valence electrons. The number of esters is 2. The molecule has 3 rings (SSSR count). The molecule has 2 aromatic carbocycles. The molecule has 1 saturated heterocycles. The number of hydrogen-bond acceptors (Lipinski definition) is 7. The molecule has 10 nitrogen and oxygen atoms in total. The highest BCUT2D eigenvalue weighted by molar-refractivity contribution is 7.89. The van der Waals surface area contributed by atoms with E-state index in [1.807, 2.05) is 0 Å². The molecule has 2 unspecified atom stereocenters. The Bertz CT molecular complexity index is 1380. The number of hydrogen-bond donors (Lipinski definition) is 1. The molecular weight excluding hydrogens is 591 g/mol. The minimum Gasteiger partial charge on any atom is -0.465 e. The van der Waals surface area contributed by atoms with Gasteiger partial charge in [0.05, 0.1) is 29.7 Å². The number of nitrogens with zero attached hydrogens (tertiary/aromatic N) is 2. The van der Waals surface area contributed by atoms with Crippen LogP contribution in [0.15, 0.2) is 53.4 Å². The maximum Gasteiger partial charge on any atom is 0.416 e. The molecule has 0 spiro atoms. The number of rotatable bonds is 10. The Morgan fingerprint density at radius 3 is 2.23 bits per heavy atom. The maximum atomic E-state index is 13.9.